The fourth-order valence-corrected chi connectivity index (χ4v) is 2.46. The van der Waals surface area contributed by atoms with Gasteiger partial charge in [0.1, 0.15) is 17.2 Å². The quantitative estimate of drug-likeness (QED) is 0.312. The second-order valence-electron chi connectivity index (χ2n) is 9.40. The summed E-state index contributed by atoms with van der Waals surface area (Å²) in [7, 11) is 0. The van der Waals surface area contributed by atoms with Crippen LogP contribution in [0.25, 0.3) is 0 Å². The maximum atomic E-state index is 12.5. The van der Waals surface area contributed by atoms with E-state index in [0.29, 0.717) is 5.06 Å². The molecule has 12 heteroatoms. The summed E-state index contributed by atoms with van der Waals surface area (Å²) < 4.78 is 15.4. The van der Waals surface area contributed by atoms with Crippen LogP contribution < -0.4 is 5.32 Å². The van der Waals surface area contributed by atoms with E-state index in [2.05, 4.69) is 10.2 Å². The molecular weight excluding hydrogens is 440 g/mol. The van der Waals surface area contributed by atoms with Crippen LogP contribution in [-0.4, -0.2) is 64.2 Å². The average Bonchev–Trinajstić information content (AvgIpc) is 2.93. The second kappa shape index (κ2) is 11.1. The number of esters is 2. The van der Waals surface area contributed by atoms with Gasteiger partial charge in [0.2, 0.25) is 0 Å². The Morgan fingerprint density at radius 1 is 0.909 bits per heavy atom. The van der Waals surface area contributed by atoms with Gasteiger partial charge < -0.3 is 24.4 Å². The molecule has 0 radical (unpaired) electrons. The fraction of sp³-hybridized carbons (Fsp3) is 0.714. The molecule has 0 bridgehead atoms. The van der Waals surface area contributed by atoms with Gasteiger partial charge in [-0.15, -0.1) is 5.06 Å². The summed E-state index contributed by atoms with van der Waals surface area (Å²) in [6.07, 6.45) is -2.99. The molecule has 33 heavy (non-hydrogen) atoms. The van der Waals surface area contributed by atoms with E-state index in [1.165, 1.54) is 6.92 Å². The lowest BCUT2D eigenvalue weighted by Gasteiger charge is -2.26. The molecule has 1 saturated heterocycles. The van der Waals surface area contributed by atoms with E-state index in [4.69, 9.17) is 14.2 Å². The Kier molecular flexibility index (Phi) is 9.37. The van der Waals surface area contributed by atoms with Crippen LogP contribution in [0.1, 0.15) is 74.1 Å². The van der Waals surface area contributed by atoms with Crippen LogP contribution in [0, 0.1) is 0 Å². The van der Waals surface area contributed by atoms with Gasteiger partial charge in [-0.1, -0.05) is 0 Å². The normalized spacial score (nSPS) is 16.0. The van der Waals surface area contributed by atoms with Crippen LogP contribution in [0.2, 0.25) is 0 Å². The lowest BCUT2D eigenvalue weighted by atomic mass is 10.1. The van der Waals surface area contributed by atoms with Gasteiger partial charge in [0.15, 0.2) is 6.10 Å². The van der Waals surface area contributed by atoms with Gasteiger partial charge in [0.05, 0.1) is 0 Å². The molecule has 0 spiro atoms. The Morgan fingerprint density at radius 3 is 1.91 bits per heavy atom. The van der Waals surface area contributed by atoms with Crippen molar-refractivity contribution in [1.29, 1.82) is 0 Å². The van der Waals surface area contributed by atoms with Crippen molar-refractivity contribution in [2.75, 3.05) is 0 Å². The number of carbonyl (C=O) groups is 6. The molecule has 1 rings (SSSR count). The minimum atomic E-state index is -1.42. The van der Waals surface area contributed by atoms with Crippen LogP contribution in [0.5, 0.6) is 0 Å². The van der Waals surface area contributed by atoms with Gasteiger partial charge in [-0.2, -0.15) is 0 Å². The van der Waals surface area contributed by atoms with Crippen molar-refractivity contribution in [3.8, 4) is 0 Å². The first kappa shape index (κ1) is 27.9. The molecule has 186 valence electrons. The molecule has 0 aromatic heterocycles. The summed E-state index contributed by atoms with van der Waals surface area (Å²) in [6, 6.07) is -1.21. The summed E-state index contributed by atoms with van der Waals surface area (Å²) in [4.78, 5) is 76.5. The summed E-state index contributed by atoms with van der Waals surface area (Å²) >= 11 is 0. The van der Waals surface area contributed by atoms with Gasteiger partial charge in [0, 0.05) is 19.3 Å². The van der Waals surface area contributed by atoms with E-state index in [-0.39, 0.29) is 25.7 Å². The lowest BCUT2D eigenvalue weighted by molar-refractivity contribution is -0.205. The third kappa shape index (κ3) is 10.3. The van der Waals surface area contributed by atoms with E-state index in [9.17, 15) is 28.8 Å². The van der Waals surface area contributed by atoms with Crippen LogP contribution in [0.4, 0.5) is 4.79 Å². The Balaban J connectivity index is 2.68. The molecule has 0 unspecified atom stereocenters. The van der Waals surface area contributed by atoms with Gasteiger partial charge in [-0.3, -0.25) is 14.4 Å². The molecule has 3 amide bonds. The molecule has 1 aliphatic rings. The lowest BCUT2D eigenvalue weighted by Crippen LogP contribution is -2.46. The zero-order valence-electron chi connectivity index (χ0n) is 20.0. The number of hydrogen-bond acceptors (Lipinski definition) is 10. The predicted molar refractivity (Wildman–Crippen MR) is 111 cm³/mol. The number of carbonyl (C=O) groups excluding carboxylic acids is 6. The molecule has 1 heterocycles. The Hall–Kier alpha value is -3.18. The molecule has 0 saturated carbocycles. The smallest absolute Gasteiger partial charge is 0.408 e. The van der Waals surface area contributed by atoms with Crippen molar-refractivity contribution >= 4 is 35.8 Å². The van der Waals surface area contributed by atoms with E-state index in [1.807, 2.05) is 0 Å². The first-order valence-electron chi connectivity index (χ1n) is 10.5. The number of amides is 3. The maximum Gasteiger partial charge on any atom is 0.408 e. The summed E-state index contributed by atoms with van der Waals surface area (Å²) in [6.45, 7) is 11.1. The third-order valence-corrected chi connectivity index (χ3v) is 3.85. The zero-order valence-corrected chi connectivity index (χ0v) is 20.0. The Labute approximate surface area is 192 Å². The molecule has 12 nitrogen and oxygen atoms in total. The number of hydrogen-bond donors (Lipinski definition) is 1. The Morgan fingerprint density at radius 2 is 1.42 bits per heavy atom. The maximum absolute atomic E-state index is 12.5. The molecule has 0 aromatic rings. The highest BCUT2D eigenvalue weighted by Crippen LogP contribution is 2.15. The van der Waals surface area contributed by atoms with Gasteiger partial charge >= 0.3 is 24.0 Å². The number of hydroxylamine groups is 2. The largest absolute Gasteiger partial charge is 0.458 e. The van der Waals surface area contributed by atoms with Crippen molar-refractivity contribution < 1.29 is 47.8 Å². The minimum absolute atomic E-state index is 0.0724. The molecule has 1 fully saturated rings. The topological polar surface area (TPSA) is 155 Å². The zero-order chi connectivity index (χ0) is 25.6. The van der Waals surface area contributed by atoms with E-state index in [0.717, 1.165) is 0 Å². The van der Waals surface area contributed by atoms with Gasteiger partial charge in [-0.25, -0.2) is 14.4 Å². The fourth-order valence-electron chi connectivity index (χ4n) is 2.46. The Bertz CT molecular complexity index is 778. The van der Waals surface area contributed by atoms with E-state index >= 15 is 0 Å². The standard InChI is InChI=1S/C21H32N2O10/c1-12(17(27)33-23-14(24)9-10-15(23)25)30-16(26)11-8-13(18(28)31-20(2,3)4)22-19(29)32-21(5,6)7/h12-13H,8-11H2,1-7H3,(H,22,29)/t12-,13-/m0/s1. The van der Waals surface area contributed by atoms with Crippen molar-refractivity contribution in [1.82, 2.24) is 10.4 Å². The molecule has 0 aliphatic carbocycles. The highest BCUT2D eigenvalue weighted by atomic mass is 16.7. The van der Waals surface area contributed by atoms with Crippen LogP contribution >= 0.6 is 0 Å². The predicted octanol–water partition coefficient (Wildman–Crippen LogP) is 1.54. The van der Waals surface area contributed by atoms with Crippen LogP contribution in [-0.2, 0) is 43.0 Å². The molecule has 1 N–H and O–H groups in total. The van der Waals surface area contributed by atoms with Gasteiger partial charge in [0.25, 0.3) is 11.8 Å². The molecule has 1 aliphatic heterocycles. The highest BCUT2D eigenvalue weighted by molar-refractivity contribution is 6.01. The number of nitrogens with zero attached hydrogens (tertiary/aromatic N) is 1. The van der Waals surface area contributed by atoms with Crippen molar-refractivity contribution in [2.45, 2.75) is 97.5 Å². The molecular formula is C21H32N2O10. The summed E-state index contributed by atoms with van der Waals surface area (Å²) in [5.74, 6) is -4.10. The number of nitrogens with one attached hydrogen (secondary N) is 1. The molecule has 2 atom stereocenters. The monoisotopic (exact) mass is 472 g/mol. The van der Waals surface area contributed by atoms with E-state index < -0.39 is 59.2 Å². The number of rotatable bonds is 8. The van der Waals surface area contributed by atoms with Crippen molar-refractivity contribution in [3.63, 3.8) is 0 Å². The minimum Gasteiger partial charge on any atom is -0.458 e. The van der Waals surface area contributed by atoms with Gasteiger partial charge in [-0.05, 0) is 54.9 Å². The number of ether oxygens (including phenoxy) is 3. The number of alkyl carbamates (subject to hydrolysis) is 1. The molecule has 0 aromatic carbocycles. The van der Waals surface area contributed by atoms with E-state index in [1.54, 1.807) is 41.5 Å². The summed E-state index contributed by atoms with van der Waals surface area (Å²) in [5.41, 5.74) is -1.65. The van der Waals surface area contributed by atoms with Crippen molar-refractivity contribution in [2.24, 2.45) is 0 Å². The van der Waals surface area contributed by atoms with Crippen molar-refractivity contribution in [3.05, 3.63) is 0 Å². The van der Waals surface area contributed by atoms with Crippen LogP contribution in [0.15, 0.2) is 0 Å². The SMILES string of the molecule is C[C@H](OC(=O)CC[C@H](NC(=O)OC(C)(C)C)C(=O)OC(C)(C)C)C(=O)ON1C(=O)CCC1=O. The highest BCUT2D eigenvalue weighted by Gasteiger charge is 2.35. The third-order valence-electron chi connectivity index (χ3n) is 3.85. The summed E-state index contributed by atoms with van der Waals surface area (Å²) in [5, 5.41) is 2.71. The second-order valence-corrected chi connectivity index (χ2v) is 9.40. The number of imide groups is 1. The average molecular weight is 472 g/mol. The first-order chi connectivity index (χ1) is 15.0. The first-order valence-corrected chi connectivity index (χ1v) is 10.5. The van der Waals surface area contributed by atoms with Crippen LogP contribution in [0.3, 0.4) is 0 Å².